The molecule has 0 aliphatic rings. The van der Waals surface area contributed by atoms with Crippen LogP contribution in [-0.2, 0) is 22.0 Å². The van der Waals surface area contributed by atoms with Crippen LogP contribution in [-0.4, -0.2) is 23.2 Å². The van der Waals surface area contributed by atoms with Gasteiger partial charge in [0.2, 0.25) is 0 Å². The van der Waals surface area contributed by atoms with Crippen molar-refractivity contribution in [1.82, 2.24) is 14.8 Å². The zero-order valence-corrected chi connectivity index (χ0v) is 11.6. The number of hydrogen-bond acceptors (Lipinski definition) is 4. The lowest BCUT2D eigenvalue weighted by Crippen LogP contribution is -2.25. The fourth-order valence-corrected chi connectivity index (χ4v) is 2.22. The summed E-state index contributed by atoms with van der Waals surface area (Å²) in [7, 11) is -3.81. The Kier molecular flexibility index (Phi) is 3.93. The lowest BCUT2D eigenvalue weighted by molar-refractivity contribution is 0.430. The van der Waals surface area contributed by atoms with Gasteiger partial charge in [-0.15, -0.1) is 10.2 Å². The molecule has 0 saturated heterocycles. The number of primary sulfonamides is 1. The van der Waals surface area contributed by atoms with E-state index in [1.807, 2.05) is 27.7 Å². The van der Waals surface area contributed by atoms with Crippen LogP contribution in [0.3, 0.4) is 0 Å². The molecule has 1 rings (SSSR count). The first kappa shape index (κ1) is 14.1. The minimum atomic E-state index is -3.81. The van der Waals surface area contributed by atoms with Crippen LogP contribution >= 0.6 is 0 Å². The Hall–Kier alpha value is -0.950. The topological polar surface area (TPSA) is 90.9 Å². The highest BCUT2D eigenvalue weighted by Crippen LogP contribution is 2.26. The Morgan fingerprint density at radius 3 is 2.29 bits per heavy atom. The van der Waals surface area contributed by atoms with Gasteiger partial charge in [0.15, 0.2) is 0 Å². The standard InChI is InChI=1S/C10H20N4O2S/c1-5-7-14-8(10(3,4)6-2)12-13-9(14)17(11,15)16/h5-7H2,1-4H3,(H2,11,15,16). The molecule has 98 valence electrons. The summed E-state index contributed by atoms with van der Waals surface area (Å²) in [5, 5.41) is 12.7. The molecule has 1 aromatic heterocycles. The van der Waals surface area contributed by atoms with E-state index in [9.17, 15) is 8.42 Å². The van der Waals surface area contributed by atoms with Gasteiger partial charge >= 0.3 is 0 Å². The second kappa shape index (κ2) is 4.73. The molecule has 0 unspecified atom stereocenters. The van der Waals surface area contributed by atoms with Gasteiger partial charge in [0, 0.05) is 12.0 Å². The third kappa shape index (κ3) is 2.84. The minimum absolute atomic E-state index is 0.143. The summed E-state index contributed by atoms with van der Waals surface area (Å²) in [5.74, 6) is 0.672. The molecule has 0 radical (unpaired) electrons. The van der Waals surface area contributed by atoms with Crippen LogP contribution in [0.2, 0.25) is 0 Å². The van der Waals surface area contributed by atoms with Crippen molar-refractivity contribution >= 4 is 10.0 Å². The van der Waals surface area contributed by atoms with E-state index in [0.717, 1.165) is 12.8 Å². The SMILES string of the molecule is CCCn1c(C(C)(C)CC)nnc1S(N)(=O)=O. The highest BCUT2D eigenvalue weighted by molar-refractivity contribution is 7.89. The van der Waals surface area contributed by atoms with Crippen LogP contribution in [0, 0.1) is 0 Å². The Labute approximate surface area is 102 Å². The molecule has 0 saturated carbocycles. The van der Waals surface area contributed by atoms with Gasteiger partial charge in [0.1, 0.15) is 5.82 Å². The van der Waals surface area contributed by atoms with Crippen molar-refractivity contribution in [3.63, 3.8) is 0 Å². The van der Waals surface area contributed by atoms with Gasteiger partial charge < -0.3 is 4.57 Å². The smallest absolute Gasteiger partial charge is 0.273 e. The molecule has 0 aliphatic carbocycles. The molecular formula is C10H20N4O2S. The van der Waals surface area contributed by atoms with E-state index in [-0.39, 0.29) is 10.6 Å². The summed E-state index contributed by atoms with van der Waals surface area (Å²) in [5.41, 5.74) is -0.217. The highest BCUT2D eigenvalue weighted by atomic mass is 32.2. The predicted octanol–water partition coefficient (Wildman–Crippen LogP) is 1.02. The van der Waals surface area contributed by atoms with Crippen molar-refractivity contribution in [2.45, 2.75) is 57.7 Å². The fourth-order valence-electron chi connectivity index (χ4n) is 1.58. The van der Waals surface area contributed by atoms with Crippen LogP contribution in [0.25, 0.3) is 0 Å². The van der Waals surface area contributed by atoms with Crippen molar-refractivity contribution in [1.29, 1.82) is 0 Å². The molecule has 0 amide bonds. The number of aromatic nitrogens is 3. The van der Waals surface area contributed by atoms with Gasteiger partial charge in [-0.25, -0.2) is 13.6 Å². The normalized spacial score (nSPS) is 13.0. The van der Waals surface area contributed by atoms with E-state index in [1.54, 1.807) is 4.57 Å². The first-order valence-corrected chi connectivity index (χ1v) is 7.25. The van der Waals surface area contributed by atoms with Crippen LogP contribution in [0.15, 0.2) is 5.16 Å². The molecule has 0 aromatic carbocycles. The van der Waals surface area contributed by atoms with Crippen molar-refractivity contribution in [2.24, 2.45) is 5.14 Å². The number of nitrogens with two attached hydrogens (primary N) is 1. The molecule has 0 spiro atoms. The molecule has 1 aromatic rings. The van der Waals surface area contributed by atoms with Gasteiger partial charge in [-0.05, 0) is 12.8 Å². The Morgan fingerprint density at radius 1 is 1.29 bits per heavy atom. The monoisotopic (exact) mass is 260 g/mol. The fraction of sp³-hybridized carbons (Fsp3) is 0.800. The maximum absolute atomic E-state index is 11.4. The van der Waals surface area contributed by atoms with Crippen molar-refractivity contribution < 1.29 is 8.42 Å². The molecular weight excluding hydrogens is 240 g/mol. The van der Waals surface area contributed by atoms with Gasteiger partial charge in [-0.2, -0.15) is 0 Å². The maximum atomic E-state index is 11.4. The second-order valence-electron chi connectivity index (χ2n) is 4.74. The third-order valence-corrected chi connectivity index (χ3v) is 3.72. The molecule has 0 aliphatic heterocycles. The zero-order valence-electron chi connectivity index (χ0n) is 10.8. The summed E-state index contributed by atoms with van der Waals surface area (Å²) in [4.78, 5) is 0. The Bertz CT molecular complexity index is 490. The van der Waals surface area contributed by atoms with E-state index in [4.69, 9.17) is 5.14 Å². The van der Waals surface area contributed by atoms with Gasteiger partial charge in [0.25, 0.3) is 15.2 Å². The first-order valence-electron chi connectivity index (χ1n) is 5.70. The third-order valence-electron chi connectivity index (χ3n) is 2.91. The summed E-state index contributed by atoms with van der Waals surface area (Å²) in [6, 6.07) is 0. The van der Waals surface area contributed by atoms with E-state index in [0.29, 0.717) is 12.4 Å². The number of sulfonamides is 1. The average molecular weight is 260 g/mol. The second-order valence-corrected chi connectivity index (χ2v) is 6.20. The molecule has 0 bridgehead atoms. The molecule has 0 atom stereocenters. The quantitative estimate of drug-likeness (QED) is 0.855. The van der Waals surface area contributed by atoms with Crippen molar-refractivity contribution in [3.8, 4) is 0 Å². The first-order chi connectivity index (χ1) is 7.74. The predicted molar refractivity (Wildman–Crippen MR) is 65.0 cm³/mol. The van der Waals surface area contributed by atoms with Crippen molar-refractivity contribution in [3.05, 3.63) is 5.82 Å². The zero-order chi connectivity index (χ0) is 13.3. The minimum Gasteiger partial charge on any atom is -0.300 e. The van der Waals surface area contributed by atoms with E-state index < -0.39 is 10.0 Å². The molecule has 6 nitrogen and oxygen atoms in total. The largest absolute Gasteiger partial charge is 0.300 e. The van der Waals surface area contributed by atoms with Gasteiger partial charge in [-0.1, -0.05) is 27.7 Å². The highest BCUT2D eigenvalue weighted by Gasteiger charge is 2.29. The summed E-state index contributed by atoms with van der Waals surface area (Å²) in [6.07, 6.45) is 1.65. The van der Waals surface area contributed by atoms with Crippen molar-refractivity contribution in [2.75, 3.05) is 0 Å². The van der Waals surface area contributed by atoms with Crippen LogP contribution in [0.4, 0.5) is 0 Å². The number of rotatable bonds is 5. The molecule has 17 heavy (non-hydrogen) atoms. The van der Waals surface area contributed by atoms with E-state index in [2.05, 4.69) is 10.2 Å². The molecule has 1 heterocycles. The molecule has 7 heteroatoms. The Morgan fingerprint density at radius 2 is 1.88 bits per heavy atom. The summed E-state index contributed by atoms with van der Waals surface area (Å²) in [6.45, 7) is 8.57. The molecule has 2 N–H and O–H groups in total. The summed E-state index contributed by atoms with van der Waals surface area (Å²) < 4.78 is 24.4. The average Bonchev–Trinajstić information content (AvgIpc) is 2.62. The van der Waals surface area contributed by atoms with Crippen LogP contribution < -0.4 is 5.14 Å². The van der Waals surface area contributed by atoms with Gasteiger partial charge in [-0.3, -0.25) is 0 Å². The van der Waals surface area contributed by atoms with E-state index >= 15 is 0 Å². The number of nitrogens with zero attached hydrogens (tertiary/aromatic N) is 3. The Balaban J connectivity index is 3.40. The number of hydrogen-bond donors (Lipinski definition) is 1. The van der Waals surface area contributed by atoms with E-state index in [1.165, 1.54) is 0 Å². The summed E-state index contributed by atoms with van der Waals surface area (Å²) >= 11 is 0. The maximum Gasteiger partial charge on any atom is 0.273 e. The lowest BCUT2D eigenvalue weighted by atomic mass is 9.89. The van der Waals surface area contributed by atoms with Gasteiger partial charge in [0.05, 0.1) is 0 Å². The lowest BCUT2D eigenvalue weighted by Gasteiger charge is -2.22. The van der Waals surface area contributed by atoms with Crippen LogP contribution in [0.1, 0.15) is 46.4 Å². The molecule has 0 fully saturated rings. The van der Waals surface area contributed by atoms with Crippen LogP contribution in [0.5, 0.6) is 0 Å².